The Morgan fingerprint density at radius 1 is 1.10 bits per heavy atom. The van der Waals surface area contributed by atoms with Crippen LogP contribution in [-0.4, -0.2) is 9.97 Å². The Kier molecular flexibility index (Phi) is 4.04. The molecule has 104 valence electrons. The summed E-state index contributed by atoms with van der Waals surface area (Å²) in [6, 6.07) is 12.2. The fourth-order valence-electron chi connectivity index (χ4n) is 1.86. The van der Waals surface area contributed by atoms with Gasteiger partial charge in [0.1, 0.15) is 4.99 Å². The van der Waals surface area contributed by atoms with E-state index in [0.29, 0.717) is 10.7 Å². The van der Waals surface area contributed by atoms with Crippen LogP contribution < -0.4 is 11.1 Å². The van der Waals surface area contributed by atoms with Gasteiger partial charge in [0.05, 0.1) is 5.69 Å². The summed E-state index contributed by atoms with van der Waals surface area (Å²) in [5.74, 6) is 0. The zero-order valence-corrected chi connectivity index (χ0v) is 12.8. The second-order valence-electron chi connectivity index (χ2n) is 5.75. The van der Waals surface area contributed by atoms with Gasteiger partial charge < -0.3 is 11.1 Å². The smallest absolute Gasteiger partial charge is 0.122 e. The minimum atomic E-state index is 0.161. The molecule has 3 nitrogen and oxygen atoms in total. The predicted molar refractivity (Wildman–Crippen MR) is 88.5 cm³/mol. The third-order valence-corrected chi connectivity index (χ3v) is 3.26. The number of anilines is 2. The molecule has 0 bridgehead atoms. The molecule has 0 aliphatic rings. The summed E-state index contributed by atoms with van der Waals surface area (Å²) in [7, 11) is 0. The van der Waals surface area contributed by atoms with Crippen molar-refractivity contribution in [2.75, 3.05) is 5.32 Å². The summed E-state index contributed by atoms with van der Waals surface area (Å²) in [4.78, 5) is 4.42. The van der Waals surface area contributed by atoms with E-state index in [1.165, 1.54) is 5.56 Å². The van der Waals surface area contributed by atoms with Crippen LogP contribution in [0.1, 0.15) is 32.0 Å². The van der Waals surface area contributed by atoms with Crippen molar-refractivity contribution in [3.63, 3.8) is 0 Å². The van der Waals surface area contributed by atoms with Gasteiger partial charge in [-0.3, -0.25) is 4.98 Å². The van der Waals surface area contributed by atoms with Crippen LogP contribution in [0.3, 0.4) is 0 Å². The number of nitrogens with one attached hydrogen (secondary N) is 1. The number of nitrogens with zero attached hydrogens (tertiary/aromatic N) is 1. The number of hydrogen-bond acceptors (Lipinski definition) is 3. The highest BCUT2D eigenvalue weighted by Crippen LogP contribution is 2.24. The molecule has 1 aromatic heterocycles. The van der Waals surface area contributed by atoms with Crippen LogP contribution in [-0.2, 0) is 5.41 Å². The largest absolute Gasteiger partial charge is 0.388 e. The lowest BCUT2D eigenvalue weighted by atomic mass is 9.87. The molecule has 0 unspecified atom stereocenters. The fourth-order valence-corrected chi connectivity index (χ4v) is 1.97. The summed E-state index contributed by atoms with van der Waals surface area (Å²) < 4.78 is 0. The number of pyridine rings is 1. The van der Waals surface area contributed by atoms with Gasteiger partial charge in [0.15, 0.2) is 0 Å². The monoisotopic (exact) mass is 285 g/mol. The van der Waals surface area contributed by atoms with Gasteiger partial charge in [-0.15, -0.1) is 0 Å². The maximum Gasteiger partial charge on any atom is 0.122 e. The molecule has 3 N–H and O–H groups in total. The van der Waals surface area contributed by atoms with Crippen molar-refractivity contribution >= 4 is 28.6 Å². The first-order chi connectivity index (χ1) is 9.36. The van der Waals surface area contributed by atoms with Gasteiger partial charge in [-0.2, -0.15) is 0 Å². The SMILES string of the molecule is CC(C)(C)c1ccc(Nc2ccnc(C(N)=S)c2)cc1. The lowest BCUT2D eigenvalue weighted by Crippen LogP contribution is -2.11. The number of benzene rings is 1. The summed E-state index contributed by atoms with van der Waals surface area (Å²) >= 11 is 4.93. The zero-order chi connectivity index (χ0) is 14.8. The minimum Gasteiger partial charge on any atom is -0.388 e. The maximum absolute atomic E-state index is 5.58. The van der Waals surface area contributed by atoms with E-state index < -0.39 is 0 Å². The summed E-state index contributed by atoms with van der Waals surface area (Å²) in [5, 5.41) is 3.32. The van der Waals surface area contributed by atoms with E-state index >= 15 is 0 Å². The van der Waals surface area contributed by atoms with Gasteiger partial charge in [-0.05, 0) is 35.2 Å². The highest BCUT2D eigenvalue weighted by molar-refractivity contribution is 7.80. The summed E-state index contributed by atoms with van der Waals surface area (Å²) in [6.45, 7) is 6.60. The Bertz CT molecular complexity index is 612. The molecule has 1 aromatic carbocycles. The van der Waals surface area contributed by atoms with Crippen molar-refractivity contribution in [3.05, 3.63) is 53.9 Å². The van der Waals surface area contributed by atoms with E-state index in [1.807, 2.05) is 12.1 Å². The minimum absolute atomic E-state index is 0.161. The Morgan fingerprint density at radius 3 is 2.30 bits per heavy atom. The first kappa shape index (κ1) is 14.5. The Hall–Kier alpha value is -1.94. The second-order valence-corrected chi connectivity index (χ2v) is 6.19. The van der Waals surface area contributed by atoms with Crippen LogP contribution in [0.4, 0.5) is 11.4 Å². The topological polar surface area (TPSA) is 50.9 Å². The van der Waals surface area contributed by atoms with Gasteiger partial charge in [0, 0.05) is 17.6 Å². The molecule has 0 amide bonds. The van der Waals surface area contributed by atoms with Crippen LogP contribution in [0, 0.1) is 0 Å². The zero-order valence-electron chi connectivity index (χ0n) is 12.0. The van der Waals surface area contributed by atoms with Crippen molar-refractivity contribution in [3.8, 4) is 0 Å². The summed E-state index contributed by atoms with van der Waals surface area (Å²) in [6.07, 6.45) is 1.69. The average Bonchev–Trinajstić information content (AvgIpc) is 2.38. The van der Waals surface area contributed by atoms with Gasteiger partial charge in [0.2, 0.25) is 0 Å². The summed E-state index contributed by atoms with van der Waals surface area (Å²) in [5.41, 5.74) is 9.62. The number of aromatic nitrogens is 1. The number of nitrogens with two attached hydrogens (primary N) is 1. The predicted octanol–water partition coefficient (Wildman–Crippen LogP) is 3.76. The van der Waals surface area contributed by atoms with E-state index in [9.17, 15) is 0 Å². The van der Waals surface area contributed by atoms with Crippen molar-refractivity contribution in [2.24, 2.45) is 5.73 Å². The molecular formula is C16H19N3S. The molecule has 20 heavy (non-hydrogen) atoms. The van der Waals surface area contributed by atoms with Crippen LogP contribution in [0.15, 0.2) is 42.6 Å². The average molecular weight is 285 g/mol. The van der Waals surface area contributed by atoms with Gasteiger partial charge in [-0.25, -0.2) is 0 Å². The lowest BCUT2D eigenvalue weighted by Gasteiger charge is -2.19. The third-order valence-electron chi connectivity index (χ3n) is 3.05. The molecule has 1 heterocycles. The van der Waals surface area contributed by atoms with Crippen molar-refractivity contribution in [1.29, 1.82) is 0 Å². The van der Waals surface area contributed by atoms with Gasteiger partial charge >= 0.3 is 0 Å². The first-order valence-electron chi connectivity index (χ1n) is 6.50. The Labute approximate surface area is 125 Å². The molecule has 2 rings (SSSR count). The number of rotatable bonds is 3. The van der Waals surface area contributed by atoms with Gasteiger partial charge in [0.25, 0.3) is 0 Å². The maximum atomic E-state index is 5.58. The molecular weight excluding hydrogens is 266 g/mol. The Morgan fingerprint density at radius 2 is 1.75 bits per heavy atom. The van der Waals surface area contributed by atoms with Crippen LogP contribution in [0.2, 0.25) is 0 Å². The molecule has 0 radical (unpaired) electrons. The van der Waals surface area contributed by atoms with Crippen molar-refractivity contribution in [2.45, 2.75) is 26.2 Å². The van der Waals surface area contributed by atoms with Crippen LogP contribution in [0.25, 0.3) is 0 Å². The van der Waals surface area contributed by atoms with E-state index in [1.54, 1.807) is 6.20 Å². The lowest BCUT2D eigenvalue weighted by molar-refractivity contribution is 0.590. The fraction of sp³-hybridized carbons (Fsp3) is 0.250. The quantitative estimate of drug-likeness (QED) is 0.843. The van der Waals surface area contributed by atoms with Crippen LogP contribution >= 0.6 is 12.2 Å². The molecule has 0 fully saturated rings. The molecule has 2 aromatic rings. The molecule has 0 saturated carbocycles. The molecule has 4 heteroatoms. The highest BCUT2D eigenvalue weighted by Gasteiger charge is 2.12. The number of thiocarbonyl (C=S) groups is 1. The molecule has 0 atom stereocenters. The molecule has 0 aliphatic carbocycles. The van der Waals surface area contributed by atoms with E-state index in [4.69, 9.17) is 18.0 Å². The first-order valence-corrected chi connectivity index (χ1v) is 6.90. The normalized spacial score (nSPS) is 11.2. The molecule has 0 aliphatic heterocycles. The highest BCUT2D eigenvalue weighted by atomic mass is 32.1. The van der Waals surface area contributed by atoms with Crippen molar-refractivity contribution in [1.82, 2.24) is 4.98 Å². The van der Waals surface area contributed by atoms with Crippen LogP contribution in [0.5, 0.6) is 0 Å². The van der Waals surface area contributed by atoms with E-state index in [-0.39, 0.29) is 5.41 Å². The van der Waals surface area contributed by atoms with E-state index in [0.717, 1.165) is 11.4 Å². The Balaban J connectivity index is 2.18. The molecule has 0 saturated heterocycles. The number of hydrogen-bond donors (Lipinski definition) is 2. The molecule has 0 spiro atoms. The van der Waals surface area contributed by atoms with Gasteiger partial charge in [-0.1, -0.05) is 45.1 Å². The standard InChI is InChI=1S/C16H19N3S/c1-16(2,3)11-4-6-12(7-5-11)19-13-8-9-18-14(10-13)15(17)20/h4-10H,1-3H3,(H2,17,20)(H,18,19). The second kappa shape index (κ2) is 5.59. The van der Waals surface area contributed by atoms with Crippen molar-refractivity contribution < 1.29 is 0 Å². The van der Waals surface area contributed by atoms with E-state index in [2.05, 4.69) is 55.3 Å². The third kappa shape index (κ3) is 3.54.